The maximum atomic E-state index is 5.98. The van der Waals surface area contributed by atoms with Crippen LogP contribution in [0.3, 0.4) is 0 Å². The Bertz CT molecular complexity index is 476. The van der Waals surface area contributed by atoms with E-state index in [1.54, 1.807) is 12.3 Å². The fraction of sp³-hybridized carbons (Fsp3) is 0. The van der Waals surface area contributed by atoms with Crippen molar-refractivity contribution < 1.29 is 0 Å². The van der Waals surface area contributed by atoms with Gasteiger partial charge in [-0.05, 0) is 34.1 Å². The van der Waals surface area contributed by atoms with Gasteiger partial charge in [-0.1, -0.05) is 23.7 Å². The molecule has 5 heteroatoms. The minimum absolute atomic E-state index is 0.512. The monoisotopic (exact) mass is 283 g/mol. The van der Waals surface area contributed by atoms with Crippen LogP contribution in [-0.2, 0) is 0 Å². The summed E-state index contributed by atoms with van der Waals surface area (Å²) in [6.45, 7) is 0. The average Bonchev–Trinajstić information content (AvgIpc) is 2.22. The first-order valence-corrected chi connectivity index (χ1v) is 5.43. The van der Waals surface area contributed by atoms with E-state index in [0.29, 0.717) is 11.0 Å². The fourth-order valence-corrected chi connectivity index (χ4v) is 1.55. The maximum absolute atomic E-state index is 5.98. The van der Waals surface area contributed by atoms with Gasteiger partial charge in [-0.3, -0.25) is 0 Å². The molecule has 0 saturated heterocycles. The van der Waals surface area contributed by atoms with Crippen molar-refractivity contribution >= 4 is 39.2 Å². The topological polar surface area (TPSA) is 37.8 Å². The molecular weight excluding hydrogens is 277 g/mol. The van der Waals surface area contributed by atoms with E-state index in [-0.39, 0.29) is 0 Å². The quantitative estimate of drug-likeness (QED) is 0.856. The van der Waals surface area contributed by atoms with Gasteiger partial charge in [0, 0.05) is 6.20 Å². The smallest absolute Gasteiger partial charge is 0.228 e. The zero-order chi connectivity index (χ0) is 10.7. The van der Waals surface area contributed by atoms with Gasteiger partial charge < -0.3 is 5.32 Å². The summed E-state index contributed by atoms with van der Waals surface area (Å²) in [7, 11) is 0. The molecule has 0 aliphatic rings. The zero-order valence-electron chi connectivity index (χ0n) is 7.61. The van der Waals surface area contributed by atoms with Crippen LogP contribution in [0.1, 0.15) is 0 Å². The van der Waals surface area contributed by atoms with Gasteiger partial charge >= 0.3 is 0 Å². The molecule has 0 spiro atoms. The second-order valence-electron chi connectivity index (χ2n) is 2.81. The molecule has 0 unspecified atom stereocenters. The Hall–Kier alpha value is -1.13. The number of hydrogen-bond acceptors (Lipinski definition) is 3. The molecule has 3 nitrogen and oxygen atoms in total. The van der Waals surface area contributed by atoms with Crippen molar-refractivity contribution in [1.29, 1.82) is 0 Å². The molecule has 0 fully saturated rings. The van der Waals surface area contributed by atoms with Crippen molar-refractivity contribution in [2.45, 2.75) is 0 Å². The molecule has 1 N–H and O–H groups in total. The third-order valence-electron chi connectivity index (χ3n) is 1.74. The second-order valence-corrected chi connectivity index (χ2v) is 4.03. The average molecular weight is 285 g/mol. The number of halogens is 2. The molecular formula is C10H7BrClN3. The van der Waals surface area contributed by atoms with Gasteiger partial charge in [0.15, 0.2) is 0 Å². The van der Waals surface area contributed by atoms with E-state index >= 15 is 0 Å². The Morgan fingerprint density at radius 1 is 1.20 bits per heavy atom. The van der Waals surface area contributed by atoms with Gasteiger partial charge in [0.25, 0.3) is 0 Å². The standard InChI is InChI=1S/C10H7BrClN3/c11-9-5-6-13-10(15-9)14-8-4-2-1-3-7(8)12/h1-6H,(H,13,14,15). The zero-order valence-corrected chi connectivity index (χ0v) is 9.96. The third-order valence-corrected chi connectivity index (χ3v) is 2.51. The molecule has 0 radical (unpaired) electrons. The normalized spacial score (nSPS) is 10.0. The van der Waals surface area contributed by atoms with E-state index < -0.39 is 0 Å². The lowest BCUT2D eigenvalue weighted by Gasteiger charge is -2.05. The molecule has 0 atom stereocenters. The van der Waals surface area contributed by atoms with Crippen LogP contribution in [0.4, 0.5) is 11.6 Å². The molecule has 0 amide bonds. The summed E-state index contributed by atoms with van der Waals surface area (Å²) in [4.78, 5) is 8.21. The Balaban J connectivity index is 2.26. The maximum Gasteiger partial charge on any atom is 0.228 e. The molecule has 2 aromatic rings. The molecule has 2 rings (SSSR count). The van der Waals surface area contributed by atoms with Crippen molar-refractivity contribution in [2.75, 3.05) is 5.32 Å². The molecule has 1 aromatic heterocycles. The Labute approximate surface area is 101 Å². The van der Waals surface area contributed by atoms with E-state index in [1.165, 1.54) is 0 Å². The Morgan fingerprint density at radius 2 is 2.00 bits per heavy atom. The van der Waals surface area contributed by atoms with Crippen LogP contribution in [0, 0.1) is 0 Å². The lowest BCUT2D eigenvalue weighted by Crippen LogP contribution is -1.96. The number of aromatic nitrogens is 2. The van der Waals surface area contributed by atoms with Gasteiger partial charge in [0.1, 0.15) is 4.60 Å². The predicted molar refractivity (Wildman–Crippen MR) is 64.5 cm³/mol. The SMILES string of the molecule is Clc1ccccc1Nc1nccc(Br)n1. The first-order valence-electron chi connectivity index (χ1n) is 4.26. The summed E-state index contributed by atoms with van der Waals surface area (Å²) in [5, 5.41) is 3.67. The first-order chi connectivity index (χ1) is 7.25. The highest BCUT2D eigenvalue weighted by atomic mass is 79.9. The predicted octanol–water partition coefficient (Wildman–Crippen LogP) is 3.64. The number of para-hydroxylation sites is 1. The van der Waals surface area contributed by atoms with Crippen LogP contribution < -0.4 is 5.32 Å². The van der Waals surface area contributed by atoms with Crippen LogP contribution in [0.2, 0.25) is 5.02 Å². The molecule has 0 saturated carbocycles. The van der Waals surface area contributed by atoms with Gasteiger partial charge in [-0.2, -0.15) is 0 Å². The van der Waals surface area contributed by atoms with Crippen LogP contribution in [-0.4, -0.2) is 9.97 Å². The molecule has 76 valence electrons. The number of hydrogen-bond donors (Lipinski definition) is 1. The van der Waals surface area contributed by atoms with Crippen LogP contribution in [0.15, 0.2) is 41.1 Å². The molecule has 1 heterocycles. The van der Waals surface area contributed by atoms with Crippen molar-refractivity contribution in [3.05, 3.63) is 46.2 Å². The Morgan fingerprint density at radius 3 is 2.73 bits per heavy atom. The highest BCUT2D eigenvalue weighted by Crippen LogP contribution is 2.23. The third kappa shape index (κ3) is 2.67. The lowest BCUT2D eigenvalue weighted by molar-refractivity contribution is 1.14. The van der Waals surface area contributed by atoms with Gasteiger partial charge in [-0.15, -0.1) is 0 Å². The molecule has 1 aromatic carbocycles. The summed E-state index contributed by atoms with van der Waals surface area (Å²) < 4.78 is 0.729. The van der Waals surface area contributed by atoms with E-state index in [9.17, 15) is 0 Å². The summed E-state index contributed by atoms with van der Waals surface area (Å²) in [6.07, 6.45) is 1.66. The molecule has 0 bridgehead atoms. The number of nitrogens with one attached hydrogen (secondary N) is 1. The summed E-state index contributed by atoms with van der Waals surface area (Å²) in [5.41, 5.74) is 0.789. The Kier molecular flexibility index (Phi) is 3.18. The van der Waals surface area contributed by atoms with Crippen molar-refractivity contribution in [2.24, 2.45) is 0 Å². The van der Waals surface area contributed by atoms with E-state index in [0.717, 1.165) is 10.3 Å². The highest BCUT2D eigenvalue weighted by molar-refractivity contribution is 9.10. The highest BCUT2D eigenvalue weighted by Gasteiger charge is 2.01. The molecule has 15 heavy (non-hydrogen) atoms. The summed E-state index contributed by atoms with van der Waals surface area (Å²) >= 11 is 9.25. The van der Waals surface area contributed by atoms with Gasteiger partial charge in [0.05, 0.1) is 10.7 Å². The number of anilines is 2. The van der Waals surface area contributed by atoms with E-state index in [2.05, 4.69) is 31.2 Å². The molecule has 0 aliphatic carbocycles. The summed E-state index contributed by atoms with van der Waals surface area (Å²) in [6, 6.07) is 9.20. The van der Waals surface area contributed by atoms with E-state index in [4.69, 9.17) is 11.6 Å². The summed E-state index contributed by atoms with van der Waals surface area (Å²) in [5.74, 6) is 0.512. The minimum atomic E-state index is 0.512. The van der Waals surface area contributed by atoms with Crippen molar-refractivity contribution in [3.63, 3.8) is 0 Å². The molecule has 0 aliphatic heterocycles. The van der Waals surface area contributed by atoms with Gasteiger partial charge in [-0.25, -0.2) is 9.97 Å². The van der Waals surface area contributed by atoms with Gasteiger partial charge in [0.2, 0.25) is 5.95 Å². The minimum Gasteiger partial charge on any atom is -0.323 e. The van der Waals surface area contributed by atoms with Crippen molar-refractivity contribution in [1.82, 2.24) is 9.97 Å². The number of nitrogens with zero attached hydrogens (tertiary/aromatic N) is 2. The second kappa shape index (κ2) is 4.59. The van der Waals surface area contributed by atoms with E-state index in [1.807, 2.05) is 24.3 Å². The first kappa shape index (κ1) is 10.4. The van der Waals surface area contributed by atoms with Crippen LogP contribution >= 0.6 is 27.5 Å². The largest absolute Gasteiger partial charge is 0.323 e. The number of benzene rings is 1. The van der Waals surface area contributed by atoms with Crippen LogP contribution in [0.25, 0.3) is 0 Å². The van der Waals surface area contributed by atoms with Crippen LogP contribution in [0.5, 0.6) is 0 Å². The van der Waals surface area contributed by atoms with Crippen molar-refractivity contribution in [3.8, 4) is 0 Å². The fourth-order valence-electron chi connectivity index (χ4n) is 1.08. The lowest BCUT2D eigenvalue weighted by atomic mass is 10.3. The number of rotatable bonds is 2.